The summed E-state index contributed by atoms with van der Waals surface area (Å²) in [5, 5.41) is 4.88. The fourth-order valence-electron chi connectivity index (χ4n) is 2.05. The van der Waals surface area contributed by atoms with Crippen LogP contribution in [-0.2, 0) is 11.2 Å². The smallest absolute Gasteiger partial charge is 0.228 e. The Hall–Kier alpha value is -1.55. The van der Waals surface area contributed by atoms with E-state index in [1.165, 1.54) is 0 Å². The molecule has 1 aromatic carbocycles. The van der Waals surface area contributed by atoms with Crippen molar-refractivity contribution in [1.29, 1.82) is 0 Å². The van der Waals surface area contributed by atoms with Crippen LogP contribution in [0, 0.1) is 0 Å². The van der Waals surface area contributed by atoms with Gasteiger partial charge in [-0.05, 0) is 18.6 Å². The van der Waals surface area contributed by atoms with Crippen LogP contribution in [0.2, 0.25) is 0 Å². The van der Waals surface area contributed by atoms with Crippen LogP contribution in [0.1, 0.15) is 19.0 Å². The summed E-state index contributed by atoms with van der Waals surface area (Å²) in [5.41, 5.74) is 1.40. The molecule has 1 aromatic heterocycles. The lowest BCUT2D eigenvalue weighted by molar-refractivity contribution is -0.130. The molecule has 0 spiro atoms. The molecule has 1 heterocycles. The van der Waals surface area contributed by atoms with E-state index in [1.54, 1.807) is 4.90 Å². The van der Waals surface area contributed by atoms with Gasteiger partial charge in [-0.1, -0.05) is 24.2 Å². The van der Waals surface area contributed by atoms with Crippen LogP contribution in [0.25, 0.3) is 11.0 Å². The number of alkyl halides is 1. The van der Waals surface area contributed by atoms with Crippen LogP contribution in [0.15, 0.2) is 28.8 Å². The van der Waals surface area contributed by atoms with E-state index < -0.39 is 0 Å². The van der Waals surface area contributed by atoms with Crippen LogP contribution in [0.3, 0.4) is 0 Å². The quantitative estimate of drug-likeness (QED) is 0.765. The van der Waals surface area contributed by atoms with E-state index in [-0.39, 0.29) is 12.3 Å². The first-order valence-electron chi connectivity index (χ1n) is 6.43. The third kappa shape index (κ3) is 3.26. The van der Waals surface area contributed by atoms with Crippen LogP contribution >= 0.6 is 11.6 Å². The Morgan fingerprint density at radius 1 is 1.37 bits per heavy atom. The number of hydrogen-bond donors (Lipinski definition) is 0. The number of carbonyl (C=O) groups is 1. The number of benzene rings is 1. The minimum Gasteiger partial charge on any atom is -0.356 e. The summed E-state index contributed by atoms with van der Waals surface area (Å²) in [6.45, 7) is 3.34. The van der Waals surface area contributed by atoms with E-state index in [2.05, 4.69) is 5.16 Å². The number of para-hydroxylation sites is 1. The number of fused-ring (bicyclic) bond motifs is 1. The molecule has 4 nitrogen and oxygen atoms in total. The third-order valence-electron chi connectivity index (χ3n) is 2.97. The maximum Gasteiger partial charge on any atom is 0.228 e. The van der Waals surface area contributed by atoms with Crippen molar-refractivity contribution in [2.24, 2.45) is 0 Å². The zero-order chi connectivity index (χ0) is 13.7. The molecular weight excluding hydrogens is 264 g/mol. The van der Waals surface area contributed by atoms with Gasteiger partial charge in [0, 0.05) is 24.4 Å². The molecule has 0 N–H and O–H groups in total. The van der Waals surface area contributed by atoms with Crippen LogP contribution in [0.5, 0.6) is 0 Å². The van der Waals surface area contributed by atoms with Crippen molar-refractivity contribution in [3.05, 3.63) is 30.0 Å². The second kappa shape index (κ2) is 6.57. The molecule has 102 valence electrons. The lowest BCUT2D eigenvalue weighted by atomic mass is 10.1. The Morgan fingerprint density at radius 3 is 2.89 bits per heavy atom. The van der Waals surface area contributed by atoms with E-state index in [9.17, 15) is 4.79 Å². The molecular formula is C14H17ClN2O2. The molecule has 0 aliphatic rings. The molecule has 1 amide bonds. The maximum atomic E-state index is 12.2. The summed E-state index contributed by atoms with van der Waals surface area (Å²) in [6.07, 6.45) is 1.18. The average Bonchev–Trinajstić information content (AvgIpc) is 2.82. The highest BCUT2D eigenvalue weighted by molar-refractivity contribution is 6.18. The highest BCUT2D eigenvalue weighted by Gasteiger charge is 2.16. The van der Waals surface area contributed by atoms with E-state index in [0.29, 0.717) is 23.7 Å². The zero-order valence-corrected chi connectivity index (χ0v) is 11.7. The van der Waals surface area contributed by atoms with Gasteiger partial charge in [0.25, 0.3) is 0 Å². The summed E-state index contributed by atoms with van der Waals surface area (Å²) < 4.78 is 5.20. The van der Waals surface area contributed by atoms with Crippen molar-refractivity contribution in [2.75, 3.05) is 19.0 Å². The Morgan fingerprint density at radius 2 is 2.16 bits per heavy atom. The molecule has 0 saturated carbocycles. The second-order valence-corrected chi connectivity index (χ2v) is 4.75. The van der Waals surface area contributed by atoms with Gasteiger partial charge in [-0.15, -0.1) is 11.6 Å². The van der Waals surface area contributed by atoms with E-state index >= 15 is 0 Å². The Kier molecular flexibility index (Phi) is 4.80. The lowest BCUT2D eigenvalue weighted by Crippen LogP contribution is -2.34. The first-order chi connectivity index (χ1) is 9.26. The Bertz CT molecular complexity index is 547. The van der Waals surface area contributed by atoms with Crippen molar-refractivity contribution in [3.8, 4) is 0 Å². The maximum absolute atomic E-state index is 12.2. The molecule has 0 aliphatic heterocycles. The van der Waals surface area contributed by atoms with Crippen LogP contribution < -0.4 is 0 Å². The van der Waals surface area contributed by atoms with Gasteiger partial charge in [0.05, 0.1) is 6.42 Å². The van der Waals surface area contributed by atoms with Crippen molar-refractivity contribution < 1.29 is 9.32 Å². The summed E-state index contributed by atoms with van der Waals surface area (Å²) in [6, 6.07) is 7.56. The standard InChI is InChI=1S/C14H17ClN2O2/c1-2-8-17(9-7-15)14(18)10-12-11-5-3-4-6-13(11)19-16-12/h3-6H,2,7-10H2,1H3. The first kappa shape index (κ1) is 13.9. The zero-order valence-electron chi connectivity index (χ0n) is 10.9. The molecule has 0 atom stereocenters. The van der Waals surface area contributed by atoms with Gasteiger partial charge in [-0.25, -0.2) is 0 Å². The number of carbonyl (C=O) groups excluding carboxylic acids is 1. The van der Waals surface area contributed by atoms with Crippen LogP contribution in [-0.4, -0.2) is 34.9 Å². The fraction of sp³-hybridized carbons (Fsp3) is 0.429. The molecule has 0 fully saturated rings. The lowest BCUT2D eigenvalue weighted by Gasteiger charge is -2.20. The predicted octanol–water partition coefficient (Wildman–Crippen LogP) is 2.85. The fourth-order valence-corrected chi connectivity index (χ4v) is 2.26. The monoisotopic (exact) mass is 280 g/mol. The summed E-state index contributed by atoms with van der Waals surface area (Å²) in [5.74, 6) is 0.493. The van der Waals surface area contributed by atoms with Gasteiger partial charge in [0.1, 0.15) is 5.69 Å². The van der Waals surface area contributed by atoms with Crippen LogP contribution in [0.4, 0.5) is 0 Å². The molecule has 2 aromatic rings. The Balaban J connectivity index is 2.13. The number of amides is 1. The summed E-state index contributed by atoms with van der Waals surface area (Å²) >= 11 is 5.72. The van der Waals surface area contributed by atoms with Gasteiger partial charge in [0.15, 0.2) is 5.58 Å². The first-order valence-corrected chi connectivity index (χ1v) is 6.96. The molecule has 0 saturated heterocycles. The molecule has 0 aliphatic carbocycles. The van der Waals surface area contributed by atoms with Gasteiger partial charge >= 0.3 is 0 Å². The second-order valence-electron chi connectivity index (χ2n) is 4.37. The van der Waals surface area contributed by atoms with Crippen molar-refractivity contribution in [3.63, 3.8) is 0 Å². The predicted molar refractivity (Wildman–Crippen MR) is 75.3 cm³/mol. The molecule has 0 radical (unpaired) electrons. The summed E-state index contributed by atoms with van der Waals surface area (Å²) in [4.78, 5) is 14.0. The van der Waals surface area contributed by atoms with Crippen molar-refractivity contribution >= 4 is 28.5 Å². The van der Waals surface area contributed by atoms with Gasteiger partial charge in [-0.2, -0.15) is 0 Å². The molecule has 5 heteroatoms. The van der Waals surface area contributed by atoms with E-state index in [1.807, 2.05) is 31.2 Å². The number of rotatable bonds is 6. The molecule has 2 rings (SSSR count). The SMILES string of the molecule is CCCN(CCCl)C(=O)Cc1noc2ccccc12. The minimum absolute atomic E-state index is 0.0431. The van der Waals surface area contributed by atoms with Gasteiger partial charge in [-0.3, -0.25) is 4.79 Å². The van der Waals surface area contributed by atoms with Gasteiger partial charge < -0.3 is 9.42 Å². The number of halogens is 1. The molecule has 0 bridgehead atoms. The highest BCUT2D eigenvalue weighted by Crippen LogP contribution is 2.18. The Labute approximate surface area is 117 Å². The number of hydrogen-bond acceptors (Lipinski definition) is 3. The highest BCUT2D eigenvalue weighted by atomic mass is 35.5. The van der Waals surface area contributed by atoms with Gasteiger partial charge in [0.2, 0.25) is 5.91 Å². The largest absolute Gasteiger partial charge is 0.356 e. The van der Waals surface area contributed by atoms with E-state index in [4.69, 9.17) is 16.1 Å². The number of aromatic nitrogens is 1. The van der Waals surface area contributed by atoms with Crippen molar-refractivity contribution in [2.45, 2.75) is 19.8 Å². The number of nitrogens with zero attached hydrogens (tertiary/aromatic N) is 2. The van der Waals surface area contributed by atoms with Crippen molar-refractivity contribution in [1.82, 2.24) is 10.1 Å². The van der Waals surface area contributed by atoms with E-state index in [0.717, 1.165) is 18.4 Å². The third-order valence-corrected chi connectivity index (χ3v) is 3.14. The molecule has 0 unspecified atom stereocenters. The molecule has 19 heavy (non-hydrogen) atoms. The normalized spacial score (nSPS) is 10.8. The summed E-state index contributed by atoms with van der Waals surface area (Å²) in [7, 11) is 0. The minimum atomic E-state index is 0.0431. The topological polar surface area (TPSA) is 46.3 Å². The average molecular weight is 281 g/mol.